The van der Waals surface area contributed by atoms with Gasteiger partial charge in [-0.2, -0.15) is 0 Å². The Balaban J connectivity index is 1.39. The van der Waals surface area contributed by atoms with Gasteiger partial charge >= 0.3 is 12.0 Å². The summed E-state index contributed by atoms with van der Waals surface area (Å²) in [7, 11) is 1.65. The molecule has 4 aromatic rings. The van der Waals surface area contributed by atoms with Crippen molar-refractivity contribution in [2.24, 2.45) is 0 Å². The Morgan fingerprint density at radius 2 is 1.98 bits per heavy atom. The van der Waals surface area contributed by atoms with Gasteiger partial charge in [0.1, 0.15) is 12.0 Å². The van der Waals surface area contributed by atoms with Crippen LogP contribution in [0.4, 0.5) is 4.79 Å². The van der Waals surface area contributed by atoms with E-state index in [1.165, 1.54) is 12.7 Å². The number of aromatic carboxylic acids is 1. The zero-order valence-electron chi connectivity index (χ0n) is 24.4. The number of nitrogens with zero attached hydrogens (tertiary/aromatic N) is 2. The first-order valence-electron chi connectivity index (χ1n) is 14.0. The number of fused-ring (bicyclic) bond motifs is 1. The van der Waals surface area contributed by atoms with E-state index in [0.717, 1.165) is 44.7 Å². The van der Waals surface area contributed by atoms with Crippen LogP contribution in [0.25, 0.3) is 0 Å². The summed E-state index contributed by atoms with van der Waals surface area (Å²) in [5.74, 6) is -0.227. The summed E-state index contributed by atoms with van der Waals surface area (Å²) >= 11 is 3.34. The van der Waals surface area contributed by atoms with Crippen LogP contribution in [0.3, 0.4) is 0 Å². The van der Waals surface area contributed by atoms with Gasteiger partial charge in [-0.25, -0.2) is 14.6 Å². The fourth-order valence-electron chi connectivity index (χ4n) is 5.54. The molecule has 1 unspecified atom stereocenters. The summed E-state index contributed by atoms with van der Waals surface area (Å²) in [6.07, 6.45) is 4.18. The molecule has 0 saturated carbocycles. The van der Waals surface area contributed by atoms with Crippen molar-refractivity contribution in [2.45, 2.75) is 45.9 Å². The van der Waals surface area contributed by atoms with E-state index in [9.17, 15) is 14.7 Å². The summed E-state index contributed by atoms with van der Waals surface area (Å²) < 4.78 is 17.4. The topological polar surface area (TPSA) is 114 Å². The van der Waals surface area contributed by atoms with Gasteiger partial charge in [0.25, 0.3) is 0 Å². The molecule has 0 spiro atoms. The number of rotatable bonds is 10. The maximum Gasteiger partial charge on any atom is 0.336 e. The van der Waals surface area contributed by atoms with Crippen LogP contribution in [-0.4, -0.2) is 47.3 Å². The van der Waals surface area contributed by atoms with Crippen molar-refractivity contribution < 1.29 is 28.6 Å². The second kappa shape index (κ2) is 13.4. The van der Waals surface area contributed by atoms with E-state index >= 15 is 0 Å². The number of benzene rings is 3. The molecule has 1 atom stereocenters. The average Bonchev–Trinajstić information content (AvgIpc) is 3.51. The van der Waals surface area contributed by atoms with Gasteiger partial charge in [0.05, 0.1) is 44.2 Å². The van der Waals surface area contributed by atoms with Crippen LogP contribution in [0.2, 0.25) is 0 Å². The lowest BCUT2D eigenvalue weighted by Gasteiger charge is -2.39. The number of carbonyl (C=O) groups excluding carboxylic acids is 1. The Morgan fingerprint density at radius 1 is 1.14 bits per heavy atom. The fourth-order valence-corrected chi connectivity index (χ4v) is 6.13. The maximum absolute atomic E-state index is 13.6. The van der Waals surface area contributed by atoms with Gasteiger partial charge in [-0.3, -0.25) is 0 Å². The first-order valence-corrected chi connectivity index (χ1v) is 14.8. The lowest BCUT2D eigenvalue weighted by atomic mass is 9.85. The van der Waals surface area contributed by atoms with E-state index in [1.54, 1.807) is 19.2 Å². The normalized spacial score (nSPS) is 14.3. The molecule has 1 aliphatic rings. The summed E-state index contributed by atoms with van der Waals surface area (Å²) in [6, 6.07) is 15.2. The molecular formula is C33H34BrN3O6. The number of nitrogens with one attached hydrogen (secondary N) is 1. The number of methoxy groups -OCH3 is 1. The third kappa shape index (κ3) is 6.92. The highest BCUT2D eigenvalue weighted by molar-refractivity contribution is 9.10. The molecule has 43 heavy (non-hydrogen) atoms. The number of hydrogen-bond donors (Lipinski definition) is 2. The fraction of sp³-hybridized carbons (Fsp3) is 0.303. The van der Waals surface area contributed by atoms with Crippen LogP contribution in [0.1, 0.15) is 61.0 Å². The van der Waals surface area contributed by atoms with Crippen molar-refractivity contribution >= 4 is 27.9 Å². The van der Waals surface area contributed by atoms with Crippen LogP contribution in [0.5, 0.6) is 5.75 Å². The SMILES string of the molecule is COc1cc2c(cc1COCCc1ccc(C(=O)O)c(Br)c1)C(c1ccc(C)cc1C)N(C(=O)NCc1cocn1)CC2. The number of ether oxygens (including phenoxy) is 2. The Hall–Kier alpha value is -4.15. The molecule has 9 nitrogen and oxygen atoms in total. The molecule has 0 saturated heterocycles. The highest BCUT2D eigenvalue weighted by Crippen LogP contribution is 2.40. The van der Waals surface area contributed by atoms with E-state index in [0.29, 0.717) is 42.8 Å². The van der Waals surface area contributed by atoms with Gasteiger partial charge in [-0.05, 0) is 94.7 Å². The van der Waals surface area contributed by atoms with E-state index in [4.69, 9.17) is 13.9 Å². The molecule has 1 aliphatic heterocycles. The Morgan fingerprint density at radius 3 is 2.67 bits per heavy atom. The van der Waals surface area contributed by atoms with Gasteiger partial charge in [0, 0.05) is 16.6 Å². The number of halogens is 1. The van der Waals surface area contributed by atoms with Gasteiger partial charge in [0.15, 0.2) is 6.39 Å². The van der Waals surface area contributed by atoms with Gasteiger partial charge < -0.3 is 29.2 Å². The number of amides is 2. The maximum atomic E-state index is 13.6. The van der Waals surface area contributed by atoms with Gasteiger partial charge in [-0.1, -0.05) is 29.8 Å². The van der Waals surface area contributed by atoms with Crippen LogP contribution >= 0.6 is 15.9 Å². The highest BCUT2D eigenvalue weighted by Gasteiger charge is 2.34. The van der Waals surface area contributed by atoms with Crippen molar-refractivity contribution in [3.05, 3.63) is 116 Å². The third-order valence-corrected chi connectivity index (χ3v) is 8.37. The number of carbonyl (C=O) groups is 2. The number of carboxylic acid groups (broad SMARTS) is 1. The quantitative estimate of drug-likeness (QED) is 0.192. The molecule has 2 amide bonds. The lowest BCUT2D eigenvalue weighted by Crippen LogP contribution is -2.46. The number of aryl methyl sites for hydroxylation is 2. The summed E-state index contributed by atoms with van der Waals surface area (Å²) in [5.41, 5.74) is 8.26. The average molecular weight is 649 g/mol. The number of carboxylic acids is 1. The minimum Gasteiger partial charge on any atom is -0.496 e. The van der Waals surface area contributed by atoms with Crippen LogP contribution in [0.15, 0.2) is 70.1 Å². The summed E-state index contributed by atoms with van der Waals surface area (Å²) in [5, 5.41) is 12.3. The number of urea groups is 1. The number of aromatic nitrogens is 1. The largest absolute Gasteiger partial charge is 0.496 e. The Labute approximate surface area is 259 Å². The molecule has 3 aromatic carbocycles. The molecule has 0 fully saturated rings. The van der Waals surface area contributed by atoms with Crippen molar-refractivity contribution in [2.75, 3.05) is 20.3 Å². The zero-order valence-corrected chi connectivity index (χ0v) is 25.9. The number of hydrogen-bond acceptors (Lipinski definition) is 6. The highest BCUT2D eigenvalue weighted by atomic mass is 79.9. The second-order valence-electron chi connectivity index (χ2n) is 10.6. The van der Waals surface area contributed by atoms with Crippen molar-refractivity contribution in [1.82, 2.24) is 15.2 Å². The zero-order chi connectivity index (χ0) is 30.5. The van der Waals surface area contributed by atoms with E-state index in [-0.39, 0.29) is 24.2 Å². The minimum atomic E-state index is -0.973. The smallest absolute Gasteiger partial charge is 0.336 e. The van der Waals surface area contributed by atoms with Gasteiger partial charge in [-0.15, -0.1) is 0 Å². The molecule has 0 bridgehead atoms. The monoisotopic (exact) mass is 647 g/mol. The molecule has 2 N–H and O–H groups in total. The molecular weight excluding hydrogens is 614 g/mol. The van der Waals surface area contributed by atoms with Crippen molar-refractivity contribution in [3.8, 4) is 5.75 Å². The third-order valence-electron chi connectivity index (χ3n) is 7.71. The molecule has 2 heterocycles. The van der Waals surface area contributed by atoms with E-state index in [1.807, 2.05) is 11.0 Å². The van der Waals surface area contributed by atoms with E-state index in [2.05, 4.69) is 70.4 Å². The molecule has 0 aliphatic carbocycles. The first kappa shape index (κ1) is 30.3. The van der Waals surface area contributed by atoms with Crippen molar-refractivity contribution in [3.63, 3.8) is 0 Å². The minimum absolute atomic E-state index is 0.174. The van der Waals surface area contributed by atoms with Crippen LogP contribution < -0.4 is 10.1 Å². The molecule has 10 heteroatoms. The van der Waals surface area contributed by atoms with Crippen LogP contribution in [-0.2, 0) is 30.7 Å². The second-order valence-corrected chi connectivity index (χ2v) is 11.5. The predicted molar refractivity (Wildman–Crippen MR) is 164 cm³/mol. The molecule has 0 radical (unpaired) electrons. The molecule has 5 rings (SSSR count). The summed E-state index contributed by atoms with van der Waals surface area (Å²) in [4.78, 5) is 30.9. The van der Waals surface area contributed by atoms with Crippen LogP contribution in [0, 0.1) is 13.8 Å². The molecule has 1 aromatic heterocycles. The Bertz CT molecular complexity index is 1620. The van der Waals surface area contributed by atoms with Crippen molar-refractivity contribution in [1.29, 1.82) is 0 Å². The summed E-state index contributed by atoms with van der Waals surface area (Å²) in [6.45, 7) is 5.73. The Kier molecular flexibility index (Phi) is 9.47. The predicted octanol–water partition coefficient (Wildman–Crippen LogP) is 6.38. The number of oxazole rings is 1. The lowest BCUT2D eigenvalue weighted by molar-refractivity contribution is 0.0696. The van der Waals surface area contributed by atoms with Gasteiger partial charge in [0.2, 0.25) is 0 Å². The first-order chi connectivity index (χ1) is 20.7. The standard InChI is InChI=1S/C33H34BrN3O6/c1-20-4-6-26(21(2)12-20)31-28-14-24(17-42-11-9-22-5-7-27(32(38)39)29(34)13-22)30(41-3)15-23(28)8-10-37(31)33(40)35-16-25-18-43-19-36-25/h4-7,12-15,18-19,31H,8-11,16-17H2,1-3H3,(H,35,40)(H,38,39). The van der Waals surface area contributed by atoms with E-state index < -0.39 is 5.97 Å². The molecule has 224 valence electrons.